The lowest BCUT2D eigenvalue weighted by molar-refractivity contribution is 0.591. The van der Waals surface area contributed by atoms with Crippen LogP contribution < -0.4 is 4.90 Å². The average Bonchev–Trinajstić information content (AvgIpc) is 2.93. The Bertz CT molecular complexity index is 1850. The first kappa shape index (κ1) is 26.1. The number of nitrogens with zero attached hydrogens (tertiary/aromatic N) is 1. The normalized spacial score (nSPS) is 12.4. The summed E-state index contributed by atoms with van der Waals surface area (Å²) in [6.45, 7) is 15.9. The third kappa shape index (κ3) is 4.64. The fourth-order valence-electron chi connectivity index (χ4n) is 5.75. The Morgan fingerprint density at radius 3 is 1.62 bits per heavy atom. The quantitative estimate of drug-likeness (QED) is 0.209. The average molecular weight is 522 g/mol. The molecule has 0 saturated carbocycles. The van der Waals surface area contributed by atoms with E-state index in [0.29, 0.717) is 0 Å². The molecule has 0 spiro atoms. The Morgan fingerprint density at radius 1 is 0.450 bits per heavy atom. The summed E-state index contributed by atoms with van der Waals surface area (Å²) in [4.78, 5) is 2.42. The Morgan fingerprint density at radius 2 is 0.975 bits per heavy atom. The molecule has 0 aliphatic carbocycles. The van der Waals surface area contributed by atoms with Crippen molar-refractivity contribution in [1.82, 2.24) is 0 Å². The second-order valence-corrected chi connectivity index (χ2v) is 13.3. The number of anilines is 3. The first-order chi connectivity index (χ1) is 19.0. The van der Waals surface area contributed by atoms with E-state index >= 15 is 0 Å². The Hall–Kier alpha value is -4.10. The summed E-state index contributed by atoms with van der Waals surface area (Å²) in [5.74, 6) is 0. The molecule has 0 aliphatic rings. The molecule has 6 aromatic carbocycles. The van der Waals surface area contributed by atoms with Gasteiger partial charge in [-0.1, -0.05) is 114 Å². The SMILES string of the molecule is Cc1ccc(N(c2ccccc2)c2cc3c4cc(C(C)(C)C)ccc4ccc3c3cc(C(C)(C)C)ccc23)cc1. The van der Waals surface area contributed by atoms with Gasteiger partial charge >= 0.3 is 0 Å². The maximum Gasteiger partial charge on any atom is 0.0546 e. The van der Waals surface area contributed by atoms with Gasteiger partial charge in [-0.2, -0.15) is 0 Å². The van der Waals surface area contributed by atoms with Gasteiger partial charge in [-0.05, 0) is 98.3 Å². The fraction of sp³-hybridized carbons (Fsp3) is 0.231. The van der Waals surface area contributed by atoms with Gasteiger partial charge in [0, 0.05) is 16.8 Å². The molecule has 40 heavy (non-hydrogen) atoms. The molecule has 0 amide bonds. The second kappa shape index (κ2) is 9.52. The molecule has 200 valence electrons. The van der Waals surface area contributed by atoms with E-state index in [-0.39, 0.29) is 10.8 Å². The highest BCUT2D eigenvalue weighted by Crippen LogP contribution is 2.44. The van der Waals surface area contributed by atoms with E-state index in [0.717, 1.165) is 11.4 Å². The Labute approximate surface area is 239 Å². The summed E-state index contributed by atoms with van der Waals surface area (Å²) in [5, 5.41) is 7.75. The lowest BCUT2D eigenvalue weighted by Crippen LogP contribution is -2.12. The number of aryl methyl sites for hydroxylation is 1. The molecule has 0 N–H and O–H groups in total. The Balaban J connectivity index is 1.77. The van der Waals surface area contributed by atoms with Crippen molar-refractivity contribution in [2.75, 3.05) is 4.90 Å². The summed E-state index contributed by atoms with van der Waals surface area (Å²) in [7, 11) is 0. The molecule has 0 aliphatic heterocycles. The van der Waals surface area contributed by atoms with E-state index in [9.17, 15) is 0 Å². The first-order valence-corrected chi connectivity index (χ1v) is 14.4. The zero-order chi connectivity index (χ0) is 28.2. The van der Waals surface area contributed by atoms with Gasteiger partial charge in [-0.15, -0.1) is 0 Å². The highest BCUT2D eigenvalue weighted by atomic mass is 15.1. The minimum absolute atomic E-state index is 0.0584. The van der Waals surface area contributed by atoms with Crippen molar-refractivity contribution in [3.63, 3.8) is 0 Å². The van der Waals surface area contributed by atoms with Crippen LogP contribution in [0.3, 0.4) is 0 Å². The van der Waals surface area contributed by atoms with E-state index in [4.69, 9.17) is 0 Å². The van der Waals surface area contributed by atoms with Gasteiger partial charge in [0.05, 0.1) is 5.69 Å². The van der Waals surface area contributed by atoms with Gasteiger partial charge in [-0.3, -0.25) is 0 Å². The number of fused-ring (bicyclic) bond motifs is 5. The van der Waals surface area contributed by atoms with Crippen molar-refractivity contribution in [3.8, 4) is 0 Å². The molecule has 0 aromatic heterocycles. The van der Waals surface area contributed by atoms with Crippen LogP contribution in [0.5, 0.6) is 0 Å². The smallest absolute Gasteiger partial charge is 0.0546 e. The van der Waals surface area contributed by atoms with E-state index in [1.165, 1.54) is 54.7 Å². The molecule has 6 rings (SSSR count). The monoisotopic (exact) mass is 521 g/mol. The Kier molecular flexibility index (Phi) is 6.22. The standard InChI is InChI=1S/C39H39N/c1-26-13-19-31(20-14-26)40(30-11-9-8-10-12-30)37-25-36-32(35-24-29(39(5,6)7)18-22-33(35)37)21-16-27-15-17-28(23-34(27)36)38(2,3)4/h8-25H,1-7H3. The fourth-order valence-corrected chi connectivity index (χ4v) is 5.75. The number of rotatable bonds is 3. The van der Waals surface area contributed by atoms with Crippen LogP contribution in [0, 0.1) is 6.92 Å². The third-order valence-electron chi connectivity index (χ3n) is 8.21. The van der Waals surface area contributed by atoms with Gasteiger partial charge in [0.1, 0.15) is 0 Å². The van der Waals surface area contributed by atoms with Crippen LogP contribution in [0.15, 0.2) is 109 Å². The molecule has 6 aromatic rings. The molecule has 0 heterocycles. The lowest BCUT2D eigenvalue weighted by atomic mass is 9.83. The highest BCUT2D eigenvalue weighted by molar-refractivity contribution is 6.21. The molecule has 0 bridgehead atoms. The predicted molar refractivity (Wildman–Crippen MR) is 176 cm³/mol. The molecule has 1 heteroatoms. The highest BCUT2D eigenvalue weighted by Gasteiger charge is 2.21. The van der Waals surface area contributed by atoms with Crippen LogP contribution in [0.25, 0.3) is 32.3 Å². The minimum Gasteiger partial charge on any atom is -0.310 e. The van der Waals surface area contributed by atoms with E-state index in [1.54, 1.807) is 0 Å². The summed E-state index contributed by atoms with van der Waals surface area (Å²) in [5.41, 5.74) is 7.62. The molecule has 1 nitrogen and oxygen atoms in total. The van der Waals surface area contributed by atoms with Crippen molar-refractivity contribution in [2.45, 2.75) is 59.3 Å². The van der Waals surface area contributed by atoms with Crippen molar-refractivity contribution in [2.24, 2.45) is 0 Å². The predicted octanol–water partition coefficient (Wildman–Crippen LogP) is 11.5. The number of hydrogen-bond acceptors (Lipinski definition) is 1. The second-order valence-electron chi connectivity index (χ2n) is 13.3. The van der Waals surface area contributed by atoms with Crippen molar-refractivity contribution < 1.29 is 0 Å². The van der Waals surface area contributed by atoms with Gasteiger partial charge in [0.15, 0.2) is 0 Å². The van der Waals surface area contributed by atoms with Gasteiger partial charge < -0.3 is 4.90 Å². The number of hydrogen-bond donors (Lipinski definition) is 0. The van der Waals surface area contributed by atoms with E-state index in [2.05, 4.69) is 163 Å². The molecule has 0 fully saturated rings. The zero-order valence-electron chi connectivity index (χ0n) is 24.8. The van der Waals surface area contributed by atoms with Crippen LogP contribution >= 0.6 is 0 Å². The first-order valence-electron chi connectivity index (χ1n) is 14.4. The van der Waals surface area contributed by atoms with Crippen LogP contribution in [0.4, 0.5) is 17.1 Å². The third-order valence-corrected chi connectivity index (χ3v) is 8.21. The summed E-state index contributed by atoms with van der Waals surface area (Å²) < 4.78 is 0. The summed E-state index contributed by atoms with van der Waals surface area (Å²) in [6.07, 6.45) is 0. The van der Waals surface area contributed by atoms with Crippen LogP contribution in [0.2, 0.25) is 0 Å². The summed E-state index contributed by atoms with van der Waals surface area (Å²) >= 11 is 0. The van der Waals surface area contributed by atoms with E-state index < -0.39 is 0 Å². The molecule has 0 unspecified atom stereocenters. The number of para-hydroxylation sites is 1. The maximum absolute atomic E-state index is 2.43. The van der Waals surface area contributed by atoms with Gasteiger partial charge in [0.2, 0.25) is 0 Å². The number of benzene rings is 6. The largest absolute Gasteiger partial charge is 0.310 e. The van der Waals surface area contributed by atoms with Crippen molar-refractivity contribution >= 4 is 49.4 Å². The summed E-state index contributed by atoms with van der Waals surface area (Å²) in [6, 6.07) is 40.8. The molecule has 0 atom stereocenters. The van der Waals surface area contributed by atoms with Crippen LogP contribution in [-0.2, 0) is 10.8 Å². The minimum atomic E-state index is 0.0584. The van der Waals surface area contributed by atoms with Crippen LogP contribution in [0.1, 0.15) is 58.2 Å². The molecule has 0 radical (unpaired) electrons. The van der Waals surface area contributed by atoms with Gasteiger partial charge in [-0.25, -0.2) is 0 Å². The maximum atomic E-state index is 2.43. The molecular weight excluding hydrogens is 482 g/mol. The molecule has 0 saturated heterocycles. The lowest BCUT2D eigenvalue weighted by Gasteiger charge is -2.29. The van der Waals surface area contributed by atoms with Crippen molar-refractivity contribution in [3.05, 3.63) is 126 Å². The molecular formula is C39H39N. The zero-order valence-corrected chi connectivity index (χ0v) is 24.8. The van der Waals surface area contributed by atoms with E-state index in [1.807, 2.05) is 0 Å². The topological polar surface area (TPSA) is 3.24 Å². The van der Waals surface area contributed by atoms with Crippen LogP contribution in [-0.4, -0.2) is 0 Å². The van der Waals surface area contributed by atoms with Crippen molar-refractivity contribution in [1.29, 1.82) is 0 Å². The van der Waals surface area contributed by atoms with Gasteiger partial charge in [0.25, 0.3) is 0 Å².